The summed E-state index contributed by atoms with van der Waals surface area (Å²) in [5, 5.41) is 15.6. The van der Waals surface area contributed by atoms with Gasteiger partial charge in [0.2, 0.25) is 0 Å². The molecule has 0 saturated carbocycles. The Balaban J connectivity index is 2.10. The normalized spacial score (nSPS) is 13.9. The number of fused-ring (bicyclic) bond motifs is 3. The molecule has 0 saturated heterocycles. The molecule has 1 heterocycles. The van der Waals surface area contributed by atoms with Gasteiger partial charge in [0.05, 0.1) is 11.6 Å². The van der Waals surface area contributed by atoms with Crippen molar-refractivity contribution in [2.45, 2.75) is 32.4 Å². The second kappa shape index (κ2) is 5.38. The van der Waals surface area contributed by atoms with Crippen molar-refractivity contribution in [3.8, 4) is 0 Å². The van der Waals surface area contributed by atoms with Crippen molar-refractivity contribution in [2.75, 3.05) is 6.54 Å². The first kappa shape index (κ1) is 15.0. The number of nitrogens with one attached hydrogen (secondary N) is 2. The van der Waals surface area contributed by atoms with Crippen molar-refractivity contribution in [3.05, 3.63) is 47.8 Å². The number of rotatable bonds is 3. The van der Waals surface area contributed by atoms with Gasteiger partial charge in [0.15, 0.2) is 0 Å². The molecule has 3 N–H and O–H groups in total. The summed E-state index contributed by atoms with van der Waals surface area (Å²) in [5.74, 6) is -0.276. The molecular formula is C18H21FN2O. The van der Waals surface area contributed by atoms with Crippen LogP contribution < -0.4 is 5.32 Å². The van der Waals surface area contributed by atoms with E-state index in [0.717, 1.165) is 21.9 Å². The van der Waals surface area contributed by atoms with Gasteiger partial charge in [-0.3, -0.25) is 0 Å². The van der Waals surface area contributed by atoms with E-state index in [1.54, 1.807) is 6.07 Å². The van der Waals surface area contributed by atoms with Crippen LogP contribution in [0.3, 0.4) is 0 Å². The fourth-order valence-corrected chi connectivity index (χ4v) is 2.76. The van der Waals surface area contributed by atoms with Gasteiger partial charge in [-0.1, -0.05) is 24.3 Å². The zero-order valence-electron chi connectivity index (χ0n) is 13.1. The summed E-state index contributed by atoms with van der Waals surface area (Å²) in [5.41, 5.74) is 2.07. The number of benzene rings is 2. The minimum absolute atomic E-state index is 0.0683. The van der Waals surface area contributed by atoms with E-state index in [1.807, 2.05) is 24.3 Å². The number of aliphatic hydroxyl groups is 1. The molecule has 0 aliphatic carbocycles. The Hall–Kier alpha value is -1.91. The van der Waals surface area contributed by atoms with Crippen molar-refractivity contribution < 1.29 is 9.50 Å². The van der Waals surface area contributed by atoms with Gasteiger partial charge >= 0.3 is 0 Å². The number of hydrogen-bond acceptors (Lipinski definition) is 2. The average Bonchev–Trinajstić information content (AvgIpc) is 2.84. The van der Waals surface area contributed by atoms with Crippen LogP contribution in [-0.4, -0.2) is 22.2 Å². The van der Waals surface area contributed by atoms with Crippen molar-refractivity contribution >= 4 is 21.8 Å². The van der Waals surface area contributed by atoms with Crippen molar-refractivity contribution in [1.82, 2.24) is 10.3 Å². The monoisotopic (exact) mass is 300 g/mol. The van der Waals surface area contributed by atoms with Gasteiger partial charge in [0.1, 0.15) is 5.82 Å². The summed E-state index contributed by atoms with van der Waals surface area (Å²) in [4.78, 5) is 3.11. The molecule has 1 atom stereocenters. The summed E-state index contributed by atoms with van der Waals surface area (Å²) in [7, 11) is 0. The molecule has 1 aromatic heterocycles. The molecule has 4 heteroatoms. The first-order chi connectivity index (χ1) is 10.4. The molecule has 0 fully saturated rings. The van der Waals surface area contributed by atoms with E-state index in [-0.39, 0.29) is 11.4 Å². The largest absolute Gasteiger partial charge is 0.387 e. The average molecular weight is 300 g/mol. The second-order valence-electron chi connectivity index (χ2n) is 6.70. The lowest BCUT2D eigenvalue weighted by Crippen LogP contribution is -2.38. The van der Waals surface area contributed by atoms with Crippen molar-refractivity contribution in [3.63, 3.8) is 0 Å². The highest BCUT2D eigenvalue weighted by Crippen LogP contribution is 2.32. The standard InChI is InChI=1S/C18H21FN2O/c1-18(2,3)20-10-15(22)11-6-5-9-14-16(11)12-7-4-8-13(19)17(12)21-14/h4-9,15,20-22H,10H2,1-3H3/t15-/m0/s1. The molecule has 0 aliphatic rings. The predicted octanol–water partition coefficient (Wildman–Crippen LogP) is 3.88. The van der Waals surface area contributed by atoms with Crippen LogP contribution in [0.25, 0.3) is 21.8 Å². The molecule has 116 valence electrons. The van der Waals surface area contributed by atoms with Gasteiger partial charge < -0.3 is 15.4 Å². The SMILES string of the molecule is CC(C)(C)NC[C@H](O)c1cccc2[nH]c3c(F)cccc3c12. The molecular weight excluding hydrogens is 279 g/mol. The summed E-state index contributed by atoms with van der Waals surface area (Å²) < 4.78 is 14.0. The molecule has 0 amide bonds. The van der Waals surface area contributed by atoms with Gasteiger partial charge in [0.25, 0.3) is 0 Å². The Bertz CT molecular complexity index is 817. The first-order valence-corrected chi connectivity index (χ1v) is 7.49. The van der Waals surface area contributed by atoms with Gasteiger partial charge in [-0.25, -0.2) is 4.39 Å². The number of aromatic amines is 1. The van der Waals surface area contributed by atoms with E-state index in [0.29, 0.717) is 12.1 Å². The second-order valence-corrected chi connectivity index (χ2v) is 6.70. The van der Waals surface area contributed by atoms with Crippen LogP contribution in [0.2, 0.25) is 0 Å². The minimum atomic E-state index is -0.648. The Labute approximate surface area is 129 Å². The number of para-hydroxylation sites is 1. The lowest BCUT2D eigenvalue weighted by Gasteiger charge is -2.23. The maximum Gasteiger partial charge on any atom is 0.147 e. The van der Waals surface area contributed by atoms with Gasteiger partial charge in [0, 0.05) is 28.4 Å². The maximum atomic E-state index is 14.0. The fraction of sp³-hybridized carbons (Fsp3) is 0.333. The third-order valence-corrected chi connectivity index (χ3v) is 3.82. The highest BCUT2D eigenvalue weighted by molar-refractivity contribution is 6.09. The van der Waals surface area contributed by atoms with Crippen LogP contribution >= 0.6 is 0 Å². The Morgan fingerprint density at radius 3 is 2.64 bits per heavy atom. The Morgan fingerprint density at radius 2 is 1.91 bits per heavy atom. The Morgan fingerprint density at radius 1 is 1.18 bits per heavy atom. The van der Waals surface area contributed by atoms with Crippen LogP contribution in [0.1, 0.15) is 32.4 Å². The molecule has 0 spiro atoms. The molecule has 3 nitrogen and oxygen atoms in total. The van der Waals surface area contributed by atoms with Crippen molar-refractivity contribution in [2.24, 2.45) is 0 Å². The molecule has 0 radical (unpaired) electrons. The molecule has 3 rings (SSSR count). The maximum absolute atomic E-state index is 14.0. The number of halogens is 1. The van der Waals surface area contributed by atoms with Crippen LogP contribution in [0.15, 0.2) is 36.4 Å². The zero-order valence-corrected chi connectivity index (χ0v) is 13.1. The third kappa shape index (κ3) is 2.72. The Kier molecular flexibility index (Phi) is 3.67. The van der Waals surface area contributed by atoms with Gasteiger partial charge in [-0.2, -0.15) is 0 Å². The molecule has 0 unspecified atom stereocenters. The third-order valence-electron chi connectivity index (χ3n) is 3.82. The zero-order chi connectivity index (χ0) is 15.9. The molecule has 22 heavy (non-hydrogen) atoms. The van der Waals surface area contributed by atoms with E-state index in [4.69, 9.17) is 0 Å². The van der Waals surface area contributed by atoms with Crippen LogP contribution in [-0.2, 0) is 0 Å². The van der Waals surface area contributed by atoms with Crippen LogP contribution in [0, 0.1) is 5.82 Å². The lowest BCUT2D eigenvalue weighted by molar-refractivity contribution is 0.165. The molecule has 0 aliphatic heterocycles. The number of aromatic nitrogens is 1. The summed E-state index contributed by atoms with van der Waals surface area (Å²) in [6.45, 7) is 6.62. The molecule has 3 aromatic rings. The van der Waals surface area contributed by atoms with Gasteiger partial charge in [-0.15, -0.1) is 0 Å². The van der Waals surface area contributed by atoms with Crippen LogP contribution in [0.5, 0.6) is 0 Å². The van der Waals surface area contributed by atoms with E-state index in [2.05, 4.69) is 31.1 Å². The van der Waals surface area contributed by atoms with E-state index < -0.39 is 6.10 Å². The number of β-amino-alcohol motifs (C(OH)–C–C–N with tert-alkyl or cyclic N) is 1. The first-order valence-electron chi connectivity index (χ1n) is 7.49. The van der Waals surface area contributed by atoms with E-state index >= 15 is 0 Å². The van der Waals surface area contributed by atoms with Crippen LogP contribution in [0.4, 0.5) is 4.39 Å². The predicted molar refractivity (Wildman–Crippen MR) is 88.5 cm³/mol. The lowest BCUT2D eigenvalue weighted by atomic mass is 10.0. The number of hydrogen-bond donors (Lipinski definition) is 3. The highest BCUT2D eigenvalue weighted by Gasteiger charge is 2.18. The summed E-state index contributed by atoms with van der Waals surface area (Å²) in [6, 6.07) is 10.7. The highest BCUT2D eigenvalue weighted by atomic mass is 19.1. The van der Waals surface area contributed by atoms with E-state index in [1.165, 1.54) is 6.07 Å². The molecule has 0 bridgehead atoms. The molecule has 2 aromatic carbocycles. The topological polar surface area (TPSA) is 48.0 Å². The van der Waals surface area contributed by atoms with Gasteiger partial charge in [-0.05, 0) is 38.5 Å². The summed E-state index contributed by atoms with van der Waals surface area (Å²) in [6.07, 6.45) is -0.648. The van der Waals surface area contributed by atoms with Crippen molar-refractivity contribution in [1.29, 1.82) is 0 Å². The summed E-state index contributed by atoms with van der Waals surface area (Å²) >= 11 is 0. The fourth-order valence-electron chi connectivity index (χ4n) is 2.76. The number of H-pyrrole nitrogens is 1. The van der Waals surface area contributed by atoms with E-state index in [9.17, 15) is 9.50 Å². The minimum Gasteiger partial charge on any atom is -0.387 e. The number of aliphatic hydroxyl groups excluding tert-OH is 1. The quantitative estimate of drug-likeness (QED) is 0.687. The smallest absolute Gasteiger partial charge is 0.147 e.